The molecule has 0 aliphatic rings. The van der Waals surface area contributed by atoms with Crippen LogP contribution in [0.4, 0.5) is 17.6 Å². The number of amides is 1. The van der Waals surface area contributed by atoms with E-state index >= 15 is 0 Å². The molecular weight excluding hydrogens is 238 g/mol. The highest BCUT2D eigenvalue weighted by molar-refractivity contribution is 5.94. The summed E-state index contributed by atoms with van der Waals surface area (Å²) in [5.41, 5.74) is -0.131. The minimum atomic E-state index is -4.50. The molecule has 0 radical (unpaired) electrons. The fourth-order valence-electron chi connectivity index (χ4n) is 1.36. The number of carbonyl (C=O) groups excluding carboxylic acids is 1. The predicted octanol–water partition coefficient (Wildman–Crippen LogP) is 2.77. The average Bonchev–Trinajstić information content (AvgIpc) is 2.18. The van der Waals surface area contributed by atoms with Crippen LogP contribution in [-0.4, -0.2) is 30.6 Å². The summed E-state index contributed by atoms with van der Waals surface area (Å²) in [5.74, 6) is -1.77. The Morgan fingerprint density at radius 1 is 1.35 bits per heavy atom. The number of rotatable bonds is 2. The second kappa shape index (κ2) is 4.73. The van der Waals surface area contributed by atoms with Gasteiger partial charge in [0.05, 0.1) is 5.56 Å². The van der Waals surface area contributed by atoms with Crippen LogP contribution in [0.1, 0.15) is 15.9 Å². The molecule has 0 bridgehead atoms. The van der Waals surface area contributed by atoms with Gasteiger partial charge in [0.2, 0.25) is 0 Å². The summed E-state index contributed by atoms with van der Waals surface area (Å²) in [4.78, 5) is 12.0. The van der Waals surface area contributed by atoms with Crippen molar-refractivity contribution in [1.82, 2.24) is 4.90 Å². The molecule has 0 spiro atoms. The molecule has 1 aromatic carbocycles. The third kappa shape index (κ3) is 3.44. The van der Waals surface area contributed by atoms with Gasteiger partial charge >= 0.3 is 6.18 Å². The Labute approximate surface area is 95.8 Å². The number of hydrogen-bond acceptors (Lipinski definition) is 1. The van der Waals surface area contributed by atoms with E-state index in [4.69, 9.17) is 0 Å². The lowest BCUT2D eigenvalue weighted by atomic mass is 10.1. The Morgan fingerprint density at radius 2 is 1.94 bits per heavy atom. The zero-order valence-corrected chi connectivity index (χ0v) is 9.31. The summed E-state index contributed by atoms with van der Waals surface area (Å²) in [6.07, 6.45) is -4.50. The molecule has 6 heteroatoms. The Hall–Kier alpha value is -1.59. The molecule has 1 aromatic rings. The highest BCUT2D eigenvalue weighted by atomic mass is 19.4. The first-order chi connectivity index (χ1) is 7.72. The average molecular weight is 249 g/mol. The smallest absolute Gasteiger partial charge is 0.333 e. The quantitative estimate of drug-likeness (QED) is 0.738. The Kier molecular flexibility index (Phi) is 3.75. The third-order valence-corrected chi connectivity index (χ3v) is 2.19. The monoisotopic (exact) mass is 249 g/mol. The molecule has 0 aliphatic carbocycles. The van der Waals surface area contributed by atoms with E-state index in [9.17, 15) is 22.4 Å². The number of benzene rings is 1. The summed E-state index contributed by atoms with van der Waals surface area (Å²) >= 11 is 0. The summed E-state index contributed by atoms with van der Waals surface area (Å²) < 4.78 is 49.7. The van der Waals surface area contributed by atoms with Crippen molar-refractivity contribution < 1.29 is 22.4 Å². The molecule has 0 aliphatic heterocycles. The largest absolute Gasteiger partial charge is 0.406 e. The molecule has 1 rings (SSSR count). The van der Waals surface area contributed by atoms with Gasteiger partial charge in [0.25, 0.3) is 5.91 Å². The summed E-state index contributed by atoms with van der Waals surface area (Å²) in [7, 11) is 0.984. The number of carbonyl (C=O) groups is 1. The standard InChI is InChI=1S/C11H11F4NO/c1-7-4-3-5-8(9(7)12)10(17)16(2)6-11(13,14)15/h3-5H,6H2,1-2H3. The van der Waals surface area contributed by atoms with Crippen LogP contribution in [0.15, 0.2) is 18.2 Å². The summed E-state index contributed by atoms with van der Waals surface area (Å²) in [6.45, 7) is 0.0368. The van der Waals surface area contributed by atoms with E-state index in [1.54, 1.807) is 0 Å². The van der Waals surface area contributed by atoms with Crippen molar-refractivity contribution in [1.29, 1.82) is 0 Å². The van der Waals surface area contributed by atoms with Crippen molar-refractivity contribution in [2.75, 3.05) is 13.6 Å². The summed E-state index contributed by atoms with van der Waals surface area (Å²) in [5, 5.41) is 0. The zero-order chi connectivity index (χ0) is 13.2. The van der Waals surface area contributed by atoms with Gasteiger partial charge in [0.1, 0.15) is 12.4 Å². The minimum Gasteiger partial charge on any atom is -0.333 e. The lowest BCUT2D eigenvalue weighted by Gasteiger charge is -2.19. The summed E-state index contributed by atoms with van der Waals surface area (Å²) in [6, 6.07) is 4.03. The van der Waals surface area contributed by atoms with Crippen molar-refractivity contribution in [2.45, 2.75) is 13.1 Å². The van der Waals surface area contributed by atoms with Gasteiger partial charge in [-0.3, -0.25) is 4.79 Å². The van der Waals surface area contributed by atoms with Crippen molar-refractivity contribution in [3.63, 3.8) is 0 Å². The van der Waals surface area contributed by atoms with E-state index in [0.717, 1.165) is 13.1 Å². The highest BCUT2D eigenvalue weighted by Gasteiger charge is 2.32. The molecule has 0 N–H and O–H groups in total. The molecule has 0 saturated carbocycles. The maximum atomic E-state index is 13.5. The number of aryl methyl sites for hydroxylation is 1. The molecule has 2 nitrogen and oxygen atoms in total. The van der Waals surface area contributed by atoms with Crippen LogP contribution in [0.3, 0.4) is 0 Å². The SMILES string of the molecule is Cc1cccc(C(=O)N(C)CC(F)(F)F)c1F. The zero-order valence-electron chi connectivity index (χ0n) is 9.31. The van der Waals surface area contributed by atoms with Crippen LogP contribution in [0, 0.1) is 12.7 Å². The van der Waals surface area contributed by atoms with Gasteiger partial charge < -0.3 is 4.90 Å². The van der Waals surface area contributed by atoms with Crippen LogP contribution in [-0.2, 0) is 0 Å². The molecule has 0 atom stereocenters. The number of halogens is 4. The van der Waals surface area contributed by atoms with Gasteiger partial charge in [-0.25, -0.2) is 4.39 Å². The molecule has 1 amide bonds. The first kappa shape index (κ1) is 13.5. The number of nitrogens with zero attached hydrogens (tertiary/aromatic N) is 1. The van der Waals surface area contributed by atoms with E-state index in [1.807, 2.05) is 0 Å². The van der Waals surface area contributed by atoms with E-state index in [2.05, 4.69) is 0 Å². The van der Waals surface area contributed by atoms with Gasteiger partial charge in [-0.15, -0.1) is 0 Å². The van der Waals surface area contributed by atoms with Gasteiger partial charge in [-0.05, 0) is 18.6 Å². The van der Waals surface area contributed by atoms with Crippen LogP contribution < -0.4 is 0 Å². The third-order valence-electron chi connectivity index (χ3n) is 2.19. The van der Waals surface area contributed by atoms with Crippen molar-refractivity contribution in [2.24, 2.45) is 0 Å². The first-order valence-electron chi connectivity index (χ1n) is 4.79. The van der Waals surface area contributed by atoms with E-state index in [1.165, 1.54) is 19.1 Å². The fraction of sp³-hybridized carbons (Fsp3) is 0.364. The van der Waals surface area contributed by atoms with Crippen LogP contribution in [0.5, 0.6) is 0 Å². The molecule has 17 heavy (non-hydrogen) atoms. The highest BCUT2D eigenvalue weighted by Crippen LogP contribution is 2.19. The van der Waals surface area contributed by atoms with Crippen LogP contribution in [0.2, 0.25) is 0 Å². The van der Waals surface area contributed by atoms with Crippen molar-refractivity contribution in [3.05, 3.63) is 35.1 Å². The number of alkyl halides is 3. The molecule has 94 valence electrons. The van der Waals surface area contributed by atoms with Crippen LogP contribution in [0.25, 0.3) is 0 Å². The van der Waals surface area contributed by atoms with Crippen molar-refractivity contribution >= 4 is 5.91 Å². The number of hydrogen-bond donors (Lipinski definition) is 0. The van der Waals surface area contributed by atoms with Crippen LogP contribution >= 0.6 is 0 Å². The van der Waals surface area contributed by atoms with E-state index < -0.39 is 24.4 Å². The second-order valence-corrected chi connectivity index (χ2v) is 3.71. The normalized spacial score (nSPS) is 11.4. The molecule has 0 saturated heterocycles. The van der Waals surface area contributed by atoms with E-state index in [0.29, 0.717) is 4.90 Å². The van der Waals surface area contributed by atoms with Crippen molar-refractivity contribution in [3.8, 4) is 0 Å². The van der Waals surface area contributed by atoms with Gasteiger partial charge in [0, 0.05) is 7.05 Å². The Balaban J connectivity index is 2.93. The minimum absolute atomic E-state index is 0.219. The topological polar surface area (TPSA) is 20.3 Å². The molecule has 0 heterocycles. The predicted molar refractivity (Wildman–Crippen MR) is 54.2 cm³/mol. The molecular formula is C11H11F4NO. The maximum absolute atomic E-state index is 13.5. The Morgan fingerprint density at radius 3 is 2.47 bits per heavy atom. The molecule has 0 aromatic heterocycles. The first-order valence-corrected chi connectivity index (χ1v) is 4.79. The van der Waals surface area contributed by atoms with Gasteiger partial charge in [-0.1, -0.05) is 12.1 Å². The Bertz CT molecular complexity index is 428. The molecule has 0 unspecified atom stereocenters. The van der Waals surface area contributed by atoms with Gasteiger partial charge in [0.15, 0.2) is 0 Å². The van der Waals surface area contributed by atoms with Gasteiger partial charge in [-0.2, -0.15) is 13.2 Å². The fourth-order valence-corrected chi connectivity index (χ4v) is 1.36. The lowest BCUT2D eigenvalue weighted by Crippen LogP contribution is -2.36. The molecule has 0 fully saturated rings. The lowest BCUT2D eigenvalue weighted by molar-refractivity contribution is -0.138. The maximum Gasteiger partial charge on any atom is 0.406 e. The second-order valence-electron chi connectivity index (χ2n) is 3.71. The van der Waals surface area contributed by atoms with E-state index in [-0.39, 0.29) is 11.1 Å².